The van der Waals surface area contributed by atoms with Crippen LogP contribution in [0, 0.1) is 0 Å². The summed E-state index contributed by atoms with van der Waals surface area (Å²) >= 11 is 0. The lowest BCUT2D eigenvalue weighted by Crippen LogP contribution is -2.41. The number of hydrogen-bond donors (Lipinski definition) is 3. The number of amides is 1. The lowest BCUT2D eigenvalue weighted by atomic mass is 10.1. The largest absolute Gasteiger partial charge is 0.497 e. The van der Waals surface area contributed by atoms with Crippen LogP contribution in [0.15, 0.2) is 24.3 Å². The molecule has 0 unspecified atom stereocenters. The molecule has 0 heterocycles. The second kappa shape index (κ2) is 9.62. The fourth-order valence-electron chi connectivity index (χ4n) is 1.80. The third kappa shape index (κ3) is 6.45. The molecule has 7 heteroatoms. The van der Waals surface area contributed by atoms with Gasteiger partial charge in [-0.25, -0.2) is 9.59 Å². The van der Waals surface area contributed by atoms with Crippen molar-refractivity contribution in [2.24, 2.45) is 5.73 Å². The zero-order valence-electron chi connectivity index (χ0n) is 12.6. The summed E-state index contributed by atoms with van der Waals surface area (Å²) in [6.07, 6.45) is 0.916. The first-order chi connectivity index (χ1) is 10.6. The molecule has 1 amide bonds. The topological polar surface area (TPSA) is 111 Å². The van der Waals surface area contributed by atoms with E-state index in [9.17, 15) is 9.59 Å². The number of carbonyl (C=O) groups is 2. The number of carbonyl (C=O) groups excluding carboxylic acids is 1. The van der Waals surface area contributed by atoms with E-state index in [0.717, 1.165) is 5.56 Å². The Labute approximate surface area is 129 Å². The molecule has 7 nitrogen and oxygen atoms in total. The minimum atomic E-state index is -1.08. The van der Waals surface area contributed by atoms with Crippen LogP contribution in [-0.2, 0) is 16.1 Å². The van der Waals surface area contributed by atoms with E-state index in [4.69, 9.17) is 20.3 Å². The number of alkyl carbamates (subject to hydrolysis) is 1. The first-order valence-electron chi connectivity index (χ1n) is 7.06. The van der Waals surface area contributed by atoms with Crippen LogP contribution in [0.25, 0.3) is 0 Å². The number of unbranched alkanes of at least 4 members (excludes halogenated alkanes) is 1. The smallest absolute Gasteiger partial charge is 0.408 e. The number of aliphatic carboxylic acids is 1. The summed E-state index contributed by atoms with van der Waals surface area (Å²) in [7, 11) is 1.57. The van der Waals surface area contributed by atoms with Crippen molar-refractivity contribution in [3.63, 3.8) is 0 Å². The molecule has 4 N–H and O–H groups in total. The second-order valence-corrected chi connectivity index (χ2v) is 4.74. The molecule has 22 heavy (non-hydrogen) atoms. The number of hydrogen-bond acceptors (Lipinski definition) is 5. The van der Waals surface area contributed by atoms with E-state index < -0.39 is 18.1 Å². The number of rotatable bonds is 9. The molecule has 0 aliphatic rings. The van der Waals surface area contributed by atoms with Crippen molar-refractivity contribution < 1.29 is 24.2 Å². The van der Waals surface area contributed by atoms with Crippen LogP contribution in [-0.4, -0.2) is 36.9 Å². The second-order valence-electron chi connectivity index (χ2n) is 4.74. The molecular weight excluding hydrogens is 288 g/mol. The Kier molecular flexibility index (Phi) is 7.77. The summed E-state index contributed by atoms with van der Waals surface area (Å²) < 4.78 is 10.0. The van der Waals surface area contributed by atoms with Gasteiger partial charge in [0.25, 0.3) is 0 Å². The number of nitrogens with two attached hydrogens (primary N) is 1. The highest BCUT2D eigenvalue weighted by molar-refractivity contribution is 5.79. The van der Waals surface area contributed by atoms with Gasteiger partial charge in [0, 0.05) is 0 Å². The van der Waals surface area contributed by atoms with Crippen molar-refractivity contribution in [1.82, 2.24) is 5.32 Å². The summed E-state index contributed by atoms with van der Waals surface area (Å²) in [4.78, 5) is 22.7. The van der Waals surface area contributed by atoms with Crippen molar-refractivity contribution in [3.05, 3.63) is 29.8 Å². The van der Waals surface area contributed by atoms with E-state index in [-0.39, 0.29) is 6.61 Å². The van der Waals surface area contributed by atoms with Crippen LogP contribution in [0.5, 0.6) is 5.75 Å². The Hall–Kier alpha value is -2.28. The number of ether oxygens (including phenoxy) is 2. The summed E-state index contributed by atoms with van der Waals surface area (Å²) in [5, 5.41) is 11.4. The highest BCUT2D eigenvalue weighted by Gasteiger charge is 2.20. The maximum absolute atomic E-state index is 11.6. The molecule has 0 bridgehead atoms. The molecule has 1 rings (SSSR count). The fourth-order valence-corrected chi connectivity index (χ4v) is 1.80. The Balaban J connectivity index is 2.40. The minimum Gasteiger partial charge on any atom is -0.497 e. The van der Waals surface area contributed by atoms with E-state index in [0.29, 0.717) is 31.6 Å². The van der Waals surface area contributed by atoms with Crippen molar-refractivity contribution >= 4 is 12.1 Å². The van der Waals surface area contributed by atoms with Crippen LogP contribution in [0.1, 0.15) is 24.8 Å². The van der Waals surface area contributed by atoms with Gasteiger partial charge in [0.15, 0.2) is 0 Å². The van der Waals surface area contributed by atoms with Gasteiger partial charge in [-0.2, -0.15) is 0 Å². The van der Waals surface area contributed by atoms with Gasteiger partial charge in [-0.3, -0.25) is 0 Å². The molecule has 0 spiro atoms. The predicted octanol–water partition coefficient (Wildman–Crippen LogP) is 1.50. The van der Waals surface area contributed by atoms with Crippen molar-refractivity contribution in [3.8, 4) is 5.75 Å². The molecular formula is C15H22N2O5. The van der Waals surface area contributed by atoms with E-state index in [1.807, 2.05) is 0 Å². The average Bonchev–Trinajstić information content (AvgIpc) is 2.52. The number of carboxylic acid groups (broad SMARTS) is 1. The maximum atomic E-state index is 11.6. The lowest BCUT2D eigenvalue weighted by Gasteiger charge is -2.14. The van der Waals surface area contributed by atoms with Gasteiger partial charge >= 0.3 is 12.1 Å². The fraction of sp³-hybridized carbons (Fsp3) is 0.467. The normalized spacial score (nSPS) is 11.5. The van der Waals surface area contributed by atoms with Crippen LogP contribution >= 0.6 is 0 Å². The monoisotopic (exact) mass is 310 g/mol. The van der Waals surface area contributed by atoms with E-state index >= 15 is 0 Å². The number of nitrogens with one attached hydrogen (secondary N) is 1. The Morgan fingerprint density at radius 2 is 1.95 bits per heavy atom. The van der Waals surface area contributed by atoms with Gasteiger partial charge in [0.2, 0.25) is 0 Å². The summed E-state index contributed by atoms with van der Waals surface area (Å²) in [5.41, 5.74) is 6.14. The van der Waals surface area contributed by atoms with Gasteiger partial charge in [-0.15, -0.1) is 0 Å². The van der Waals surface area contributed by atoms with Crippen molar-refractivity contribution in [2.75, 3.05) is 13.7 Å². The summed E-state index contributed by atoms with van der Waals surface area (Å²) in [5.74, 6) is -0.377. The van der Waals surface area contributed by atoms with Gasteiger partial charge in [0.05, 0.1) is 7.11 Å². The van der Waals surface area contributed by atoms with Crippen LogP contribution in [0.2, 0.25) is 0 Å². The Bertz CT molecular complexity index is 475. The molecule has 1 atom stereocenters. The zero-order valence-corrected chi connectivity index (χ0v) is 12.6. The van der Waals surface area contributed by atoms with Crippen LogP contribution in [0.3, 0.4) is 0 Å². The lowest BCUT2D eigenvalue weighted by molar-refractivity contribution is -0.139. The highest BCUT2D eigenvalue weighted by Crippen LogP contribution is 2.12. The van der Waals surface area contributed by atoms with Crippen molar-refractivity contribution in [1.29, 1.82) is 0 Å². The van der Waals surface area contributed by atoms with Gasteiger partial charge in [-0.05, 0) is 43.5 Å². The molecule has 0 aliphatic heterocycles. The molecule has 0 radical (unpaired) electrons. The van der Waals surface area contributed by atoms with Gasteiger partial charge in [-0.1, -0.05) is 12.1 Å². The first kappa shape index (κ1) is 17.8. The summed E-state index contributed by atoms with van der Waals surface area (Å²) in [6, 6.07) is 6.08. The van der Waals surface area contributed by atoms with Gasteiger partial charge in [0.1, 0.15) is 18.4 Å². The quantitative estimate of drug-likeness (QED) is 0.596. The number of carboxylic acids is 1. The minimum absolute atomic E-state index is 0.0605. The zero-order chi connectivity index (χ0) is 16.4. The van der Waals surface area contributed by atoms with E-state index in [1.54, 1.807) is 31.4 Å². The van der Waals surface area contributed by atoms with Gasteiger partial charge < -0.3 is 25.6 Å². The predicted molar refractivity (Wildman–Crippen MR) is 80.6 cm³/mol. The Morgan fingerprint density at radius 3 is 2.50 bits per heavy atom. The molecule has 0 fully saturated rings. The van der Waals surface area contributed by atoms with Crippen molar-refractivity contribution in [2.45, 2.75) is 31.9 Å². The summed E-state index contributed by atoms with van der Waals surface area (Å²) in [6.45, 7) is 0.555. The molecule has 1 aromatic rings. The third-order valence-electron chi connectivity index (χ3n) is 3.07. The first-order valence-corrected chi connectivity index (χ1v) is 7.06. The molecule has 0 aromatic heterocycles. The van der Waals surface area contributed by atoms with Crippen LogP contribution in [0.4, 0.5) is 4.79 Å². The van der Waals surface area contributed by atoms with E-state index in [2.05, 4.69) is 5.32 Å². The average molecular weight is 310 g/mol. The molecule has 1 aromatic carbocycles. The van der Waals surface area contributed by atoms with Crippen LogP contribution < -0.4 is 15.8 Å². The molecule has 0 saturated carbocycles. The molecule has 122 valence electrons. The molecule has 0 saturated heterocycles. The maximum Gasteiger partial charge on any atom is 0.408 e. The standard InChI is InChI=1S/C15H22N2O5/c1-21-12-7-5-11(6-8-12)10-22-15(20)17-13(14(18)19)4-2-3-9-16/h5-8,13H,2-4,9-10,16H2,1H3,(H,17,20)(H,18,19)/t13-/m0/s1. The molecule has 0 aliphatic carbocycles. The number of methoxy groups -OCH3 is 1. The van der Waals surface area contributed by atoms with E-state index in [1.165, 1.54) is 0 Å². The highest BCUT2D eigenvalue weighted by atomic mass is 16.5. The SMILES string of the molecule is COc1ccc(COC(=O)N[C@@H](CCCCN)C(=O)O)cc1. The Morgan fingerprint density at radius 1 is 1.27 bits per heavy atom. The number of benzene rings is 1. The third-order valence-corrected chi connectivity index (χ3v) is 3.07.